The molecule has 8 heteroatoms. The number of ether oxygens (including phenoxy) is 1. The highest BCUT2D eigenvalue weighted by Crippen LogP contribution is 2.24. The van der Waals surface area contributed by atoms with Crippen LogP contribution < -0.4 is 0 Å². The number of sulfonamides is 1. The monoisotopic (exact) mass is 319 g/mol. The maximum Gasteiger partial charge on any atom is 0.332 e. The molecule has 0 aromatic heterocycles. The van der Waals surface area contributed by atoms with Gasteiger partial charge in [-0.3, -0.25) is 0 Å². The summed E-state index contributed by atoms with van der Waals surface area (Å²) < 4.78 is 31.0. The molecule has 2 atom stereocenters. The first-order valence-electron chi connectivity index (χ1n) is 5.90. The van der Waals surface area contributed by atoms with Crippen LogP contribution in [0.15, 0.2) is 29.2 Å². The highest BCUT2D eigenvalue weighted by Gasteiger charge is 2.37. The third-order valence-corrected chi connectivity index (χ3v) is 5.43. The molecule has 6 nitrogen and oxygen atoms in total. The quantitative estimate of drug-likeness (QED) is 0.901. The topological polar surface area (TPSA) is 83.9 Å². The molecule has 0 saturated carbocycles. The summed E-state index contributed by atoms with van der Waals surface area (Å²) >= 11 is 5.73. The summed E-state index contributed by atoms with van der Waals surface area (Å²) in [5.74, 6) is -1.08. The van der Waals surface area contributed by atoms with Crippen LogP contribution in [0, 0.1) is 0 Å². The first kappa shape index (κ1) is 15.2. The molecule has 1 aliphatic rings. The summed E-state index contributed by atoms with van der Waals surface area (Å²) in [5, 5.41) is 9.30. The summed E-state index contributed by atoms with van der Waals surface area (Å²) in [6.07, 6.45) is -0.818. The van der Waals surface area contributed by atoms with Crippen molar-refractivity contribution in [3.05, 3.63) is 29.3 Å². The van der Waals surface area contributed by atoms with E-state index in [1.54, 1.807) is 0 Å². The second-order valence-electron chi connectivity index (χ2n) is 4.52. The number of benzene rings is 1. The fourth-order valence-electron chi connectivity index (χ4n) is 2.01. The average molecular weight is 320 g/mol. The summed E-state index contributed by atoms with van der Waals surface area (Å²) in [4.78, 5) is 10.9. The zero-order valence-corrected chi connectivity index (χ0v) is 12.3. The van der Waals surface area contributed by atoms with Gasteiger partial charge in [0.1, 0.15) is 0 Å². The van der Waals surface area contributed by atoms with E-state index in [9.17, 15) is 13.2 Å². The number of carboxylic acid groups (broad SMARTS) is 1. The summed E-state index contributed by atoms with van der Waals surface area (Å²) in [6, 6.07) is 5.33. The van der Waals surface area contributed by atoms with Crippen LogP contribution in [-0.2, 0) is 19.6 Å². The lowest BCUT2D eigenvalue weighted by atomic mass is 10.2. The first-order valence-corrected chi connectivity index (χ1v) is 7.72. The predicted molar refractivity (Wildman–Crippen MR) is 72.2 cm³/mol. The Morgan fingerprint density at radius 3 is 2.50 bits per heavy atom. The van der Waals surface area contributed by atoms with Crippen molar-refractivity contribution in [2.24, 2.45) is 0 Å². The number of carboxylic acids is 1. The Bertz CT molecular complexity index is 601. The molecule has 1 heterocycles. The van der Waals surface area contributed by atoms with E-state index in [2.05, 4.69) is 0 Å². The zero-order chi connectivity index (χ0) is 14.9. The number of carbonyl (C=O) groups is 1. The Labute approximate surface area is 122 Å². The van der Waals surface area contributed by atoms with E-state index in [0.29, 0.717) is 5.02 Å². The minimum Gasteiger partial charge on any atom is -0.479 e. The van der Waals surface area contributed by atoms with Crippen LogP contribution in [0.25, 0.3) is 0 Å². The Morgan fingerprint density at radius 1 is 1.40 bits per heavy atom. The molecule has 110 valence electrons. The smallest absolute Gasteiger partial charge is 0.332 e. The van der Waals surface area contributed by atoms with Crippen molar-refractivity contribution in [2.45, 2.75) is 23.5 Å². The van der Waals surface area contributed by atoms with Crippen LogP contribution in [0.4, 0.5) is 0 Å². The molecule has 0 unspecified atom stereocenters. The first-order chi connectivity index (χ1) is 9.32. The molecule has 1 N–H and O–H groups in total. The van der Waals surface area contributed by atoms with E-state index in [0.717, 1.165) is 4.31 Å². The van der Waals surface area contributed by atoms with Crippen LogP contribution in [-0.4, -0.2) is 49.6 Å². The standard InChI is InChI=1S/C12H14ClNO5S/c1-14(9-6-11(12(15)16)19-7-9)20(17,18)10-4-2-8(13)3-5-10/h2-5,9,11H,6-7H2,1H3,(H,15,16)/t9-,11-/m1/s1. The molecule has 0 radical (unpaired) electrons. The highest BCUT2D eigenvalue weighted by atomic mass is 35.5. The van der Waals surface area contributed by atoms with Gasteiger partial charge >= 0.3 is 5.97 Å². The van der Waals surface area contributed by atoms with Gasteiger partial charge in [-0.05, 0) is 24.3 Å². The molecule has 0 aliphatic carbocycles. The van der Waals surface area contributed by atoms with Gasteiger partial charge in [0.25, 0.3) is 0 Å². The predicted octanol–water partition coefficient (Wildman–Crippen LogP) is 1.20. The second-order valence-corrected chi connectivity index (χ2v) is 6.96. The van der Waals surface area contributed by atoms with E-state index in [-0.39, 0.29) is 17.9 Å². The number of aliphatic carboxylic acids is 1. The molecule has 0 bridgehead atoms. The minimum absolute atomic E-state index is 0.0697. The van der Waals surface area contributed by atoms with E-state index in [1.165, 1.54) is 31.3 Å². The zero-order valence-electron chi connectivity index (χ0n) is 10.7. The molecule has 1 aromatic carbocycles. The number of halogens is 1. The molecule has 1 aromatic rings. The molecular formula is C12H14ClNO5S. The van der Waals surface area contributed by atoms with Gasteiger partial charge in [0.05, 0.1) is 17.5 Å². The van der Waals surface area contributed by atoms with Crippen molar-refractivity contribution in [2.75, 3.05) is 13.7 Å². The van der Waals surface area contributed by atoms with Gasteiger partial charge in [0.2, 0.25) is 10.0 Å². The molecule has 0 spiro atoms. The third kappa shape index (κ3) is 2.95. The van der Waals surface area contributed by atoms with E-state index in [1.807, 2.05) is 0 Å². The van der Waals surface area contributed by atoms with Crippen LogP contribution in [0.5, 0.6) is 0 Å². The number of hydrogen-bond donors (Lipinski definition) is 1. The Kier molecular flexibility index (Phi) is 4.33. The Hall–Kier alpha value is -1.15. The van der Waals surface area contributed by atoms with Gasteiger partial charge in [-0.25, -0.2) is 13.2 Å². The number of likely N-dealkylation sites (N-methyl/N-ethyl adjacent to an activating group) is 1. The maximum absolute atomic E-state index is 12.4. The van der Waals surface area contributed by atoms with E-state index < -0.39 is 28.1 Å². The number of rotatable bonds is 4. The fraction of sp³-hybridized carbons (Fsp3) is 0.417. The second kappa shape index (κ2) is 5.69. The van der Waals surface area contributed by atoms with E-state index >= 15 is 0 Å². The van der Waals surface area contributed by atoms with Crippen molar-refractivity contribution < 1.29 is 23.1 Å². The molecule has 2 rings (SSSR count). The SMILES string of the molecule is CN([C@H]1CO[C@@H](C(=O)O)C1)S(=O)(=O)c1ccc(Cl)cc1. The van der Waals surface area contributed by atoms with Gasteiger partial charge in [-0.15, -0.1) is 0 Å². The van der Waals surface area contributed by atoms with Crippen molar-refractivity contribution in [3.8, 4) is 0 Å². The van der Waals surface area contributed by atoms with E-state index in [4.69, 9.17) is 21.4 Å². The van der Waals surface area contributed by atoms with Crippen LogP contribution in [0.1, 0.15) is 6.42 Å². The lowest BCUT2D eigenvalue weighted by Crippen LogP contribution is -2.37. The summed E-state index contributed by atoms with van der Waals surface area (Å²) in [7, 11) is -2.27. The number of nitrogens with zero attached hydrogens (tertiary/aromatic N) is 1. The summed E-state index contributed by atoms with van der Waals surface area (Å²) in [5.41, 5.74) is 0. The van der Waals surface area contributed by atoms with Crippen molar-refractivity contribution in [1.82, 2.24) is 4.31 Å². The van der Waals surface area contributed by atoms with Crippen LogP contribution >= 0.6 is 11.6 Å². The van der Waals surface area contributed by atoms with Gasteiger partial charge in [0.15, 0.2) is 6.10 Å². The maximum atomic E-state index is 12.4. The van der Waals surface area contributed by atoms with Gasteiger partial charge in [-0.2, -0.15) is 4.31 Å². The van der Waals surface area contributed by atoms with Crippen LogP contribution in [0.3, 0.4) is 0 Å². The normalized spacial score (nSPS) is 23.1. The van der Waals surface area contributed by atoms with Gasteiger partial charge < -0.3 is 9.84 Å². The molecule has 0 amide bonds. The number of hydrogen-bond acceptors (Lipinski definition) is 4. The largest absolute Gasteiger partial charge is 0.479 e. The van der Waals surface area contributed by atoms with Crippen molar-refractivity contribution in [3.63, 3.8) is 0 Å². The Morgan fingerprint density at radius 2 is 2.00 bits per heavy atom. The minimum atomic E-state index is -3.69. The van der Waals surface area contributed by atoms with Crippen LogP contribution in [0.2, 0.25) is 5.02 Å². The highest BCUT2D eigenvalue weighted by molar-refractivity contribution is 7.89. The lowest BCUT2D eigenvalue weighted by Gasteiger charge is -2.22. The van der Waals surface area contributed by atoms with Gasteiger partial charge in [0, 0.05) is 18.5 Å². The van der Waals surface area contributed by atoms with Gasteiger partial charge in [-0.1, -0.05) is 11.6 Å². The fourth-order valence-corrected chi connectivity index (χ4v) is 3.48. The summed E-state index contributed by atoms with van der Waals surface area (Å²) in [6.45, 7) is 0.0697. The Balaban J connectivity index is 2.18. The molecular weight excluding hydrogens is 306 g/mol. The molecule has 20 heavy (non-hydrogen) atoms. The third-order valence-electron chi connectivity index (χ3n) is 3.26. The molecule has 1 saturated heterocycles. The van der Waals surface area contributed by atoms with Crippen molar-refractivity contribution in [1.29, 1.82) is 0 Å². The lowest BCUT2D eigenvalue weighted by molar-refractivity contribution is -0.147. The molecule has 1 aliphatic heterocycles. The van der Waals surface area contributed by atoms with Crippen molar-refractivity contribution >= 4 is 27.6 Å². The average Bonchev–Trinajstić information content (AvgIpc) is 2.88. The molecule has 1 fully saturated rings.